The fraction of sp³-hybridized carbons (Fsp3) is 0.0833. The summed E-state index contributed by atoms with van der Waals surface area (Å²) in [6, 6.07) is 23.4. The van der Waals surface area contributed by atoms with Crippen molar-refractivity contribution in [3.8, 4) is 0 Å². The van der Waals surface area contributed by atoms with Crippen molar-refractivity contribution in [2.75, 3.05) is 27.4 Å². The molecule has 0 saturated heterocycles. The quantitative estimate of drug-likeness (QED) is 0.545. The van der Waals surface area contributed by atoms with E-state index in [1.165, 1.54) is 0 Å². The summed E-state index contributed by atoms with van der Waals surface area (Å²) >= 11 is 0. The van der Waals surface area contributed by atoms with Crippen molar-refractivity contribution in [3.63, 3.8) is 0 Å². The first-order chi connectivity index (χ1) is 14.7. The Morgan fingerprint density at radius 3 is 2.20 bits per heavy atom. The van der Waals surface area contributed by atoms with Crippen LogP contribution in [0.1, 0.15) is 16.8 Å². The van der Waals surface area contributed by atoms with Crippen LogP contribution in [-0.2, 0) is 0 Å². The zero-order valence-corrected chi connectivity index (χ0v) is 16.3. The molecule has 3 N–H and O–H groups in total. The monoisotopic (exact) mass is 398 g/mol. The number of amides is 3. The van der Waals surface area contributed by atoms with E-state index in [-0.39, 0.29) is 11.9 Å². The van der Waals surface area contributed by atoms with Crippen LogP contribution < -0.4 is 20.9 Å². The van der Waals surface area contributed by atoms with Gasteiger partial charge in [-0.15, -0.1) is 0 Å². The van der Waals surface area contributed by atoms with E-state index in [1.54, 1.807) is 18.2 Å². The van der Waals surface area contributed by atoms with Gasteiger partial charge in [-0.2, -0.15) is 0 Å². The fourth-order valence-corrected chi connectivity index (χ4v) is 3.25. The number of hydrogen-bond acceptors (Lipinski definition) is 3. The van der Waals surface area contributed by atoms with Crippen LogP contribution in [0.25, 0.3) is 0 Å². The predicted octanol–water partition coefficient (Wildman–Crippen LogP) is 5.31. The van der Waals surface area contributed by atoms with Gasteiger partial charge in [0.1, 0.15) is 0 Å². The lowest BCUT2D eigenvalue weighted by Crippen LogP contribution is -2.22. The number of nitrogens with zero attached hydrogens (tertiary/aromatic N) is 1. The first kappa shape index (κ1) is 19.3. The van der Waals surface area contributed by atoms with Gasteiger partial charge in [0.15, 0.2) is 0 Å². The van der Waals surface area contributed by atoms with Gasteiger partial charge in [0, 0.05) is 29.7 Å². The van der Waals surface area contributed by atoms with Crippen molar-refractivity contribution in [3.05, 3.63) is 96.7 Å². The molecule has 3 amide bonds. The van der Waals surface area contributed by atoms with Gasteiger partial charge in [0.05, 0.1) is 11.4 Å². The molecule has 0 atom stereocenters. The van der Waals surface area contributed by atoms with Crippen LogP contribution in [0, 0.1) is 0 Å². The van der Waals surface area contributed by atoms with Crippen LogP contribution in [0.3, 0.4) is 0 Å². The van der Waals surface area contributed by atoms with Gasteiger partial charge >= 0.3 is 6.03 Å². The van der Waals surface area contributed by atoms with E-state index in [4.69, 9.17) is 0 Å². The summed E-state index contributed by atoms with van der Waals surface area (Å²) in [5, 5.41) is 8.62. The number of para-hydroxylation sites is 1. The zero-order valence-electron chi connectivity index (χ0n) is 16.3. The Morgan fingerprint density at radius 1 is 0.767 bits per heavy atom. The third kappa shape index (κ3) is 4.67. The number of carbonyl (C=O) groups is 2. The first-order valence-electron chi connectivity index (χ1n) is 9.76. The van der Waals surface area contributed by atoms with E-state index in [0.717, 1.165) is 18.7 Å². The van der Waals surface area contributed by atoms with Crippen LogP contribution >= 0.6 is 0 Å². The Labute approximate surface area is 175 Å². The van der Waals surface area contributed by atoms with Crippen molar-refractivity contribution >= 4 is 34.7 Å². The molecule has 0 spiro atoms. The third-order valence-corrected chi connectivity index (χ3v) is 4.70. The molecule has 0 saturated carbocycles. The summed E-state index contributed by atoms with van der Waals surface area (Å²) < 4.78 is 0. The Kier molecular flexibility index (Phi) is 5.75. The Bertz CT molecular complexity index is 1070. The molecule has 1 aliphatic rings. The number of urea groups is 1. The summed E-state index contributed by atoms with van der Waals surface area (Å²) in [4.78, 5) is 27.1. The molecule has 1 heterocycles. The summed E-state index contributed by atoms with van der Waals surface area (Å²) in [5.41, 5.74) is 3.35. The van der Waals surface area contributed by atoms with Gasteiger partial charge in [0.25, 0.3) is 5.91 Å². The Balaban J connectivity index is 1.55. The van der Waals surface area contributed by atoms with Gasteiger partial charge in [-0.3, -0.25) is 4.79 Å². The Hall–Kier alpha value is -4.06. The minimum atomic E-state index is -0.350. The summed E-state index contributed by atoms with van der Waals surface area (Å²) in [5.74, 6) is -0.205. The molecular formula is C24H22N4O2. The van der Waals surface area contributed by atoms with Gasteiger partial charge < -0.3 is 20.9 Å². The molecule has 1 aliphatic heterocycles. The number of nitrogens with one attached hydrogen (secondary N) is 3. The van der Waals surface area contributed by atoms with E-state index in [1.807, 2.05) is 66.9 Å². The molecule has 30 heavy (non-hydrogen) atoms. The van der Waals surface area contributed by atoms with Crippen LogP contribution in [0.5, 0.6) is 0 Å². The molecular weight excluding hydrogens is 376 g/mol. The average Bonchev–Trinajstić information content (AvgIpc) is 3.30. The van der Waals surface area contributed by atoms with Crippen molar-refractivity contribution < 1.29 is 9.59 Å². The number of hydrogen-bond donors (Lipinski definition) is 3. The molecule has 3 aromatic carbocycles. The van der Waals surface area contributed by atoms with Crippen LogP contribution in [0.2, 0.25) is 0 Å². The topological polar surface area (TPSA) is 73.5 Å². The number of rotatable bonds is 5. The highest BCUT2D eigenvalue weighted by Crippen LogP contribution is 2.31. The van der Waals surface area contributed by atoms with Crippen molar-refractivity contribution in [1.29, 1.82) is 0 Å². The molecule has 0 bridgehead atoms. The van der Waals surface area contributed by atoms with E-state index in [2.05, 4.69) is 26.9 Å². The maximum atomic E-state index is 12.6. The molecule has 0 radical (unpaired) electrons. The smallest absolute Gasteiger partial charge is 0.323 e. The lowest BCUT2D eigenvalue weighted by atomic mass is 10.2. The summed E-state index contributed by atoms with van der Waals surface area (Å²) in [6.07, 6.45) is 5.03. The largest absolute Gasteiger partial charge is 0.346 e. The number of anilines is 4. The van der Waals surface area contributed by atoms with E-state index >= 15 is 0 Å². The fourth-order valence-electron chi connectivity index (χ4n) is 3.25. The molecule has 3 aromatic rings. The highest BCUT2D eigenvalue weighted by molar-refractivity contribution is 6.06. The van der Waals surface area contributed by atoms with Gasteiger partial charge in [-0.05, 0) is 48.9 Å². The number of benzene rings is 3. The first-order valence-corrected chi connectivity index (χ1v) is 9.76. The highest BCUT2D eigenvalue weighted by Gasteiger charge is 2.16. The second-order valence-electron chi connectivity index (χ2n) is 6.86. The molecule has 150 valence electrons. The second-order valence-corrected chi connectivity index (χ2v) is 6.86. The highest BCUT2D eigenvalue weighted by atomic mass is 16.2. The lowest BCUT2D eigenvalue weighted by molar-refractivity contribution is 0.102. The van der Waals surface area contributed by atoms with Crippen LogP contribution in [0.15, 0.2) is 91.1 Å². The van der Waals surface area contributed by atoms with Crippen LogP contribution in [-0.4, -0.2) is 18.5 Å². The molecule has 0 aromatic heterocycles. The normalized spacial score (nSPS) is 12.5. The SMILES string of the molecule is O=C(Nc1ccccc1)Nc1cc(NC(=O)c2ccccc2)ccc1N1C=CCC1. The molecule has 4 rings (SSSR count). The Morgan fingerprint density at radius 2 is 1.50 bits per heavy atom. The predicted molar refractivity (Wildman–Crippen MR) is 121 cm³/mol. The van der Waals surface area contributed by atoms with Gasteiger partial charge in [-0.1, -0.05) is 42.5 Å². The van der Waals surface area contributed by atoms with Gasteiger partial charge in [0.2, 0.25) is 0 Å². The van der Waals surface area contributed by atoms with E-state index in [9.17, 15) is 9.59 Å². The van der Waals surface area contributed by atoms with Crippen molar-refractivity contribution in [1.82, 2.24) is 0 Å². The minimum Gasteiger partial charge on any atom is -0.346 e. The van der Waals surface area contributed by atoms with Gasteiger partial charge in [-0.25, -0.2) is 4.79 Å². The zero-order chi connectivity index (χ0) is 20.8. The summed E-state index contributed by atoms with van der Waals surface area (Å²) in [7, 11) is 0. The molecule has 6 heteroatoms. The molecule has 0 aliphatic carbocycles. The van der Waals surface area contributed by atoms with E-state index < -0.39 is 0 Å². The lowest BCUT2D eigenvalue weighted by Gasteiger charge is -2.21. The van der Waals surface area contributed by atoms with Crippen molar-refractivity contribution in [2.45, 2.75) is 6.42 Å². The third-order valence-electron chi connectivity index (χ3n) is 4.70. The second kappa shape index (κ2) is 8.96. The van der Waals surface area contributed by atoms with Crippen molar-refractivity contribution in [2.24, 2.45) is 0 Å². The molecule has 0 unspecified atom stereocenters. The molecule has 6 nitrogen and oxygen atoms in total. The maximum Gasteiger partial charge on any atom is 0.323 e. The number of carbonyl (C=O) groups excluding carboxylic acids is 2. The minimum absolute atomic E-state index is 0.205. The summed E-state index contributed by atoms with van der Waals surface area (Å²) in [6.45, 7) is 0.838. The van der Waals surface area contributed by atoms with E-state index in [0.29, 0.717) is 22.6 Å². The average molecular weight is 398 g/mol. The molecule has 0 fully saturated rings. The maximum absolute atomic E-state index is 12.6. The standard InChI is InChI=1S/C24H22N4O2/c29-23(18-9-3-1-4-10-18)25-20-13-14-22(28-15-7-8-16-28)21(17-20)27-24(30)26-19-11-5-2-6-12-19/h1-7,9-15,17H,8,16H2,(H,25,29)(H2,26,27,30). The van der Waals surface area contributed by atoms with Crippen LogP contribution in [0.4, 0.5) is 27.5 Å².